The number of pyridine rings is 2. The minimum Gasteiger partial charge on any atom is -0.437 e. The van der Waals surface area contributed by atoms with Gasteiger partial charge in [0.05, 0.1) is 5.69 Å². The van der Waals surface area contributed by atoms with Crippen LogP contribution in [-0.2, 0) is 6.54 Å². The zero-order valence-electron chi connectivity index (χ0n) is 9.97. The molecule has 0 aliphatic carbocycles. The van der Waals surface area contributed by atoms with Gasteiger partial charge in [0, 0.05) is 24.5 Å². The second kappa shape index (κ2) is 4.93. The van der Waals surface area contributed by atoms with Gasteiger partial charge in [-0.05, 0) is 37.6 Å². The molecule has 0 spiro atoms. The summed E-state index contributed by atoms with van der Waals surface area (Å²) in [7, 11) is 0. The van der Waals surface area contributed by atoms with Gasteiger partial charge in [-0.1, -0.05) is 0 Å². The Labute approximate surface area is 100 Å². The topological polar surface area (TPSA) is 61.0 Å². The Morgan fingerprint density at radius 2 is 2.12 bits per heavy atom. The van der Waals surface area contributed by atoms with Crippen LogP contribution in [0.25, 0.3) is 0 Å². The van der Waals surface area contributed by atoms with Gasteiger partial charge in [0.1, 0.15) is 0 Å². The van der Waals surface area contributed by atoms with E-state index in [-0.39, 0.29) is 0 Å². The molecule has 0 saturated heterocycles. The van der Waals surface area contributed by atoms with Crippen LogP contribution in [0.2, 0.25) is 0 Å². The van der Waals surface area contributed by atoms with Gasteiger partial charge in [-0.15, -0.1) is 0 Å². The molecule has 0 aliphatic heterocycles. The third kappa shape index (κ3) is 2.79. The Hall–Kier alpha value is -1.94. The molecule has 0 unspecified atom stereocenters. The zero-order chi connectivity index (χ0) is 12.3. The average molecular weight is 229 g/mol. The van der Waals surface area contributed by atoms with Gasteiger partial charge in [-0.25, -0.2) is 4.98 Å². The minimum absolute atomic E-state index is 0.478. The van der Waals surface area contributed by atoms with E-state index in [4.69, 9.17) is 10.5 Å². The molecule has 88 valence electrons. The molecule has 0 atom stereocenters. The number of hydrogen-bond donors (Lipinski definition) is 1. The Kier molecular flexibility index (Phi) is 3.35. The summed E-state index contributed by atoms with van der Waals surface area (Å²) in [4.78, 5) is 8.48. The summed E-state index contributed by atoms with van der Waals surface area (Å²) < 4.78 is 5.70. The molecule has 2 rings (SSSR count). The van der Waals surface area contributed by atoms with Crippen LogP contribution in [0.5, 0.6) is 11.6 Å². The summed E-state index contributed by atoms with van der Waals surface area (Å²) in [5.41, 5.74) is 8.35. The van der Waals surface area contributed by atoms with Crippen molar-refractivity contribution >= 4 is 0 Å². The smallest absolute Gasteiger partial charge is 0.219 e. The van der Waals surface area contributed by atoms with E-state index in [2.05, 4.69) is 9.97 Å². The van der Waals surface area contributed by atoms with E-state index >= 15 is 0 Å². The predicted octanol–water partition coefficient (Wildman–Crippen LogP) is 2.34. The molecule has 0 fully saturated rings. The normalized spacial score (nSPS) is 10.3. The second-order valence-corrected chi connectivity index (χ2v) is 3.85. The first kappa shape index (κ1) is 11.5. The first-order valence-electron chi connectivity index (χ1n) is 5.46. The van der Waals surface area contributed by atoms with Crippen molar-refractivity contribution in [2.24, 2.45) is 5.73 Å². The van der Waals surface area contributed by atoms with Crippen LogP contribution >= 0.6 is 0 Å². The molecular formula is C13H15N3O. The number of rotatable bonds is 3. The summed E-state index contributed by atoms with van der Waals surface area (Å²) in [5, 5.41) is 0. The SMILES string of the molecule is Cc1cc(CN)cc(Oc2cccnc2C)n1. The molecular weight excluding hydrogens is 214 g/mol. The average Bonchev–Trinajstić information content (AvgIpc) is 2.31. The lowest BCUT2D eigenvalue weighted by molar-refractivity contribution is 0.454. The molecule has 2 heterocycles. The highest BCUT2D eigenvalue weighted by molar-refractivity contribution is 5.32. The molecule has 2 aromatic heterocycles. The molecule has 17 heavy (non-hydrogen) atoms. The van der Waals surface area contributed by atoms with Gasteiger partial charge in [-0.3, -0.25) is 4.98 Å². The van der Waals surface area contributed by atoms with Crippen LogP contribution in [0.15, 0.2) is 30.5 Å². The maximum atomic E-state index is 5.70. The standard InChI is InChI=1S/C13H15N3O/c1-9-6-11(8-14)7-13(16-9)17-12-4-3-5-15-10(12)2/h3-7H,8,14H2,1-2H3. The Balaban J connectivity index is 2.30. The van der Waals surface area contributed by atoms with E-state index in [0.717, 1.165) is 17.0 Å². The number of hydrogen-bond acceptors (Lipinski definition) is 4. The number of nitrogens with zero attached hydrogens (tertiary/aromatic N) is 2. The van der Waals surface area contributed by atoms with Gasteiger partial charge in [0.2, 0.25) is 5.88 Å². The van der Waals surface area contributed by atoms with Crippen molar-refractivity contribution in [2.75, 3.05) is 0 Å². The third-order valence-corrected chi connectivity index (χ3v) is 2.40. The predicted molar refractivity (Wildman–Crippen MR) is 65.9 cm³/mol. The van der Waals surface area contributed by atoms with Crippen LogP contribution in [0.3, 0.4) is 0 Å². The summed E-state index contributed by atoms with van der Waals surface area (Å²) in [6.45, 7) is 4.29. The van der Waals surface area contributed by atoms with Crippen molar-refractivity contribution in [1.82, 2.24) is 9.97 Å². The van der Waals surface area contributed by atoms with Crippen LogP contribution in [0, 0.1) is 13.8 Å². The largest absolute Gasteiger partial charge is 0.437 e. The van der Waals surface area contributed by atoms with E-state index in [9.17, 15) is 0 Å². The lowest BCUT2D eigenvalue weighted by atomic mass is 10.2. The first-order valence-corrected chi connectivity index (χ1v) is 5.46. The van der Waals surface area contributed by atoms with Crippen LogP contribution in [0.4, 0.5) is 0 Å². The first-order chi connectivity index (χ1) is 8.19. The van der Waals surface area contributed by atoms with Crippen molar-refractivity contribution in [1.29, 1.82) is 0 Å². The second-order valence-electron chi connectivity index (χ2n) is 3.85. The van der Waals surface area contributed by atoms with E-state index in [1.807, 2.05) is 38.1 Å². The fourth-order valence-corrected chi connectivity index (χ4v) is 1.57. The van der Waals surface area contributed by atoms with Crippen molar-refractivity contribution < 1.29 is 4.74 Å². The van der Waals surface area contributed by atoms with Gasteiger partial charge >= 0.3 is 0 Å². The molecule has 4 nitrogen and oxygen atoms in total. The highest BCUT2D eigenvalue weighted by Gasteiger charge is 2.04. The van der Waals surface area contributed by atoms with Crippen LogP contribution in [-0.4, -0.2) is 9.97 Å². The fraction of sp³-hybridized carbons (Fsp3) is 0.231. The molecule has 0 saturated carbocycles. The number of nitrogens with two attached hydrogens (primary N) is 1. The lowest BCUT2D eigenvalue weighted by Crippen LogP contribution is -2.00. The van der Waals surface area contributed by atoms with E-state index < -0.39 is 0 Å². The van der Waals surface area contributed by atoms with Gasteiger partial charge in [0.15, 0.2) is 5.75 Å². The Morgan fingerprint density at radius 1 is 1.29 bits per heavy atom. The Bertz CT molecular complexity index is 526. The van der Waals surface area contributed by atoms with E-state index in [1.165, 1.54) is 0 Å². The molecule has 4 heteroatoms. The highest BCUT2D eigenvalue weighted by atomic mass is 16.5. The molecule has 0 amide bonds. The molecule has 0 aliphatic rings. The minimum atomic E-state index is 0.478. The van der Waals surface area contributed by atoms with E-state index in [1.54, 1.807) is 6.20 Å². The van der Waals surface area contributed by atoms with Crippen molar-refractivity contribution in [3.63, 3.8) is 0 Å². The number of aromatic nitrogens is 2. The summed E-state index contributed by atoms with van der Waals surface area (Å²) in [6.07, 6.45) is 1.73. The number of ether oxygens (including phenoxy) is 1. The summed E-state index contributed by atoms with van der Waals surface area (Å²) in [6, 6.07) is 7.50. The zero-order valence-corrected chi connectivity index (χ0v) is 9.97. The highest BCUT2D eigenvalue weighted by Crippen LogP contribution is 2.22. The summed E-state index contributed by atoms with van der Waals surface area (Å²) in [5.74, 6) is 1.27. The maximum Gasteiger partial charge on any atom is 0.219 e. The lowest BCUT2D eigenvalue weighted by Gasteiger charge is -2.08. The third-order valence-electron chi connectivity index (χ3n) is 2.40. The molecule has 0 aromatic carbocycles. The quantitative estimate of drug-likeness (QED) is 0.877. The number of aryl methyl sites for hydroxylation is 2. The molecule has 0 radical (unpaired) electrons. The van der Waals surface area contributed by atoms with E-state index in [0.29, 0.717) is 18.2 Å². The van der Waals surface area contributed by atoms with Crippen LogP contribution < -0.4 is 10.5 Å². The molecule has 0 bridgehead atoms. The van der Waals surface area contributed by atoms with Gasteiger partial charge < -0.3 is 10.5 Å². The van der Waals surface area contributed by atoms with Crippen LogP contribution in [0.1, 0.15) is 17.0 Å². The van der Waals surface area contributed by atoms with Gasteiger partial charge in [-0.2, -0.15) is 0 Å². The van der Waals surface area contributed by atoms with Crippen molar-refractivity contribution in [3.05, 3.63) is 47.4 Å². The van der Waals surface area contributed by atoms with Gasteiger partial charge in [0.25, 0.3) is 0 Å². The Morgan fingerprint density at radius 3 is 2.82 bits per heavy atom. The van der Waals surface area contributed by atoms with Crippen molar-refractivity contribution in [3.8, 4) is 11.6 Å². The maximum absolute atomic E-state index is 5.70. The molecule has 2 N–H and O–H groups in total. The monoisotopic (exact) mass is 229 g/mol. The summed E-state index contributed by atoms with van der Waals surface area (Å²) >= 11 is 0. The molecule has 2 aromatic rings. The van der Waals surface area contributed by atoms with Crippen molar-refractivity contribution in [2.45, 2.75) is 20.4 Å². The fourth-order valence-electron chi connectivity index (χ4n) is 1.57.